The topological polar surface area (TPSA) is 53.0 Å². The van der Waals surface area contributed by atoms with E-state index in [2.05, 4.69) is 24.0 Å². The van der Waals surface area contributed by atoms with Gasteiger partial charge < -0.3 is 19.6 Å². The monoisotopic (exact) mass is 368 g/mol. The Morgan fingerprint density at radius 1 is 1.00 bits per heavy atom. The zero-order chi connectivity index (χ0) is 19.2. The molecule has 1 atom stereocenters. The number of carbonyl (C=O) groups is 1. The number of hydrogen-bond donors (Lipinski definition) is 1. The Bertz CT molecular complexity index is 778. The molecule has 27 heavy (non-hydrogen) atoms. The van der Waals surface area contributed by atoms with Crippen molar-refractivity contribution in [1.29, 1.82) is 0 Å². The Morgan fingerprint density at radius 3 is 2.44 bits per heavy atom. The summed E-state index contributed by atoms with van der Waals surface area (Å²) in [4.78, 5) is 16.7. The molecule has 0 unspecified atom stereocenters. The lowest BCUT2D eigenvalue weighted by atomic mass is 10.2. The number of aryl methyl sites for hydroxylation is 2. The average molecular weight is 368 g/mol. The molecule has 0 saturated carbocycles. The van der Waals surface area contributed by atoms with Crippen molar-refractivity contribution in [2.24, 2.45) is 0 Å². The molecule has 2 aromatic carbocycles. The largest absolute Gasteiger partial charge is 0.490 e. The Labute approximate surface area is 161 Å². The smallest absolute Gasteiger partial charge is 0.255 e. The number of rotatable bonds is 5. The summed E-state index contributed by atoms with van der Waals surface area (Å²) >= 11 is 0. The predicted octanol–water partition coefficient (Wildman–Crippen LogP) is 2.78. The Kier molecular flexibility index (Phi) is 6.35. The molecule has 0 aromatic heterocycles. The normalized spacial score (nSPS) is 16.0. The lowest BCUT2D eigenvalue weighted by molar-refractivity contribution is -0.141. The number of benzene rings is 2. The second-order valence-corrected chi connectivity index (χ2v) is 7.04. The maximum atomic E-state index is 12.6. The highest BCUT2D eigenvalue weighted by molar-refractivity contribution is 5.81. The lowest BCUT2D eigenvalue weighted by Crippen LogP contribution is -2.43. The third kappa shape index (κ3) is 4.80. The number of nitrogens with zero attached hydrogens (tertiary/aromatic N) is 2. The van der Waals surface area contributed by atoms with Crippen molar-refractivity contribution in [3.05, 3.63) is 59.7 Å². The minimum Gasteiger partial charge on any atom is -0.490 e. The van der Waals surface area contributed by atoms with E-state index in [0.29, 0.717) is 18.8 Å². The van der Waals surface area contributed by atoms with Gasteiger partial charge in [0.2, 0.25) is 0 Å². The summed E-state index contributed by atoms with van der Waals surface area (Å²) in [5, 5.41) is 10.3. The lowest BCUT2D eigenvalue weighted by Gasteiger charge is -2.26. The van der Waals surface area contributed by atoms with E-state index < -0.39 is 6.10 Å². The van der Waals surface area contributed by atoms with Gasteiger partial charge in [-0.25, -0.2) is 0 Å². The van der Waals surface area contributed by atoms with Crippen molar-refractivity contribution in [2.45, 2.75) is 26.4 Å². The molecule has 1 heterocycles. The van der Waals surface area contributed by atoms with E-state index >= 15 is 0 Å². The van der Waals surface area contributed by atoms with E-state index in [1.807, 2.05) is 43.3 Å². The number of para-hydroxylation sites is 2. The van der Waals surface area contributed by atoms with E-state index in [1.165, 1.54) is 11.3 Å². The molecule has 1 aliphatic rings. The fraction of sp³-hybridized carbons (Fsp3) is 0.409. The van der Waals surface area contributed by atoms with Crippen LogP contribution in [-0.4, -0.2) is 54.8 Å². The van der Waals surface area contributed by atoms with E-state index in [4.69, 9.17) is 4.74 Å². The van der Waals surface area contributed by atoms with Crippen molar-refractivity contribution in [3.63, 3.8) is 0 Å². The fourth-order valence-corrected chi connectivity index (χ4v) is 3.47. The molecule has 2 aromatic rings. The first-order valence-corrected chi connectivity index (χ1v) is 9.52. The highest BCUT2D eigenvalue weighted by Gasteiger charge is 2.25. The molecule has 1 aliphatic heterocycles. The van der Waals surface area contributed by atoms with Crippen LogP contribution >= 0.6 is 0 Å². The van der Waals surface area contributed by atoms with Crippen molar-refractivity contribution < 1.29 is 14.6 Å². The van der Waals surface area contributed by atoms with Crippen LogP contribution in [0.4, 0.5) is 5.69 Å². The fourth-order valence-electron chi connectivity index (χ4n) is 3.47. The van der Waals surface area contributed by atoms with Crippen LogP contribution in [0.5, 0.6) is 5.75 Å². The van der Waals surface area contributed by atoms with E-state index in [-0.39, 0.29) is 12.5 Å². The maximum Gasteiger partial charge on any atom is 0.255 e. The van der Waals surface area contributed by atoms with Crippen LogP contribution in [0, 0.1) is 13.8 Å². The number of anilines is 1. The summed E-state index contributed by atoms with van der Waals surface area (Å²) in [5.41, 5.74) is 3.44. The van der Waals surface area contributed by atoms with Gasteiger partial charge in [-0.3, -0.25) is 4.79 Å². The zero-order valence-electron chi connectivity index (χ0n) is 16.1. The molecule has 144 valence electrons. The van der Waals surface area contributed by atoms with Gasteiger partial charge in [0, 0.05) is 31.9 Å². The highest BCUT2D eigenvalue weighted by Crippen LogP contribution is 2.21. The van der Waals surface area contributed by atoms with Gasteiger partial charge in [0.05, 0.1) is 0 Å². The number of amides is 1. The Morgan fingerprint density at radius 2 is 1.70 bits per heavy atom. The van der Waals surface area contributed by atoms with Crippen molar-refractivity contribution in [1.82, 2.24) is 4.90 Å². The minimum absolute atomic E-state index is 0.0261. The number of hydrogen-bond acceptors (Lipinski definition) is 4. The molecule has 5 heteroatoms. The van der Waals surface area contributed by atoms with Gasteiger partial charge in [0.1, 0.15) is 12.4 Å². The predicted molar refractivity (Wildman–Crippen MR) is 107 cm³/mol. The summed E-state index contributed by atoms with van der Waals surface area (Å²) in [6.45, 7) is 6.96. The third-order valence-electron chi connectivity index (χ3n) is 5.04. The minimum atomic E-state index is -1.14. The van der Waals surface area contributed by atoms with Crippen LogP contribution in [-0.2, 0) is 4.79 Å². The quantitative estimate of drug-likeness (QED) is 0.882. The zero-order valence-corrected chi connectivity index (χ0v) is 16.1. The summed E-state index contributed by atoms with van der Waals surface area (Å²) in [5.74, 6) is 0.446. The van der Waals surface area contributed by atoms with E-state index in [9.17, 15) is 9.90 Å². The van der Waals surface area contributed by atoms with Crippen LogP contribution in [0.2, 0.25) is 0 Å². The number of aliphatic hydroxyl groups is 1. The first-order chi connectivity index (χ1) is 13.1. The van der Waals surface area contributed by atoms with Crippen LogP contribution in [0.1, 0.15) is 17.5 Å². The average Bonchev–Trinajstić information content (AvgIpc) is 2.93. The summed E-state index contributed by atoms with van der Waals surface area (Å²) in [7, 11) is 0. The standard InChI is InChI=1S/C22H28N2O3/c1-17-8-3-5-10-19(17)23-12-7-13-24(15-14-23)22(26)20(25)16-27-21-11-6-4-9-18(21)2/h3-6,8-11,20,25H,7,12-16H2,1-2H3/t20-/m1/s1. The number of ether oxygens (including phenoxy) is 1. The van der Waals surface area contributed by atoms with Crippen LogP contribution in [0.3, 0.4) is 0 Å². The van der Waals surface area contributed by atoms with Gasteiger partial charge in [-0.15, -0.1) is 0 Å². The third-order valence-corrected chi connectivity index (χ3v) is 5.04. The summed E-state index contributed by atoms with van der Waals surface area (Å²) in [6, 6.07) is 15.9. The molecule has 0 spiro atoms. The molecule has 0 bridgehead atoms. The number of aliphatic hydroxyl groups excluding tert-OH is 1. The highest BCUT2D eigenvalue weighted by atomic mass is 16.5. The molecule has 0 radical (unpaired) electrons. The summed E-state index contributed by atoms with van der Waals surface area (Å²) in [6.07, 6.45) is -0.263. The van der Waals surface area contributed by atoms with E-state index in [1.54, 1.807) is 4.90 Å². The first-order valence-electron chi connectivity index (χ1n) is 9.52. The molecule has 1 saturated heterocycles. The Balaban J connectivity index is 1.56. The van der Waals surface area contributed by atoms with Gasteiger partial charge in [0.15, 0.2) is 6.10 Å². The molecule has 1 amide bonds. The van der Waals surface area contributed by atoms with Crippen molar-refractivity contribution in [3.8, 4) is 5.75 Å². The van der Waals surface area contributed by atoms with E-state index in [0.717, 1.165) is 25.1 Å². The van der Waals surface area contributed by atoms with Gasteiger partial charge in [-0.1, -0.05) is 36.4 Å². The molecule has 1 fully saturated rings. The molecule has 1 N–H and O–H groups in total. The molecular weight excluding hydrogens is 340 g/mol. The second kappa shape index (κ2) is 8.91. The molecule has 3 rings (SSSR count). The van der Waals surface area contributed by atoms with Gasteiger partial charge in [-0.05, 0) is 43.5 Å². The SMILES string of the molecule is Cc1ccccc1OC[C@@H](O)C(=O)N1CCCN(c2ccccc2C)CC1. The van der Waals surface area contributed by atoms with Gasteiger partial charge >= 0.3 is 0 Å². The van der Waals surface area contributed by atoms with Crippen molar-refractivity contribution in [2.75, 3.05) is 37.7 Å². The molecule has 5 nitrogen and oxygen atoms in total. The van der Waals surface area contributed by atoms with Gasteiger partial charge in [-0.2, -0.15) is 0 Å². The van der Waals surface area contributed by atoms with Crippen molar-refractivity contribution >= 4 is 11.6 Å². The maximum absolute atomic E-state index is 12.6. The molecular formula is C22H28N2O3. The summed E-state index contributed by atoms with van der Waals surface area (Å²) < 4.78 is 5.64. The molecule has 0 aliphatic carbocycles. The number of carbonyl (C=O) groups excluding carboxylic acids is 1. The van der Waals surface area contributed by atoms with Gasteiger partial charge in [0.25, 0.3) is 5.91 Å². The van der Waals surface area contributed by atoms with Crippen LogP contribution in [0.25, 0.3) is 0 Å². The first kappa shape index (κ1) is 19.2. The van der Waals surface area contributed by atoms with Crippen LogP contribution in [0.15, 0.2) is 48.5 Å². The van der Waals surface area contributed by atoms with Crippen LogP contribution < -0.4 is 9.64 Å². The second-order valence-electron chi connectivity index (χ2n) is 7.04. The Hall–Kier alpha value is -2.53.